The molecule has 0 saturated carbocycles. The van der Waals surface area contributed by atoms with Crippen LogP contribution in [0.5, 0.6) is 5.75 Å². The summed E-state index contributed by atoms with van der Waals surface area (Å²) in [7, 11) is 1.20. The molecular formula is C12H14N2O6. The van der Waals surface area contributed by atoms with Gasteiger partial charge in [0.15, 0.2) is 0 Å². The smallest absolute Gasteiger partial charge is 0.407 e. The van der Waals surface area contributed by atoms with E-state index in [1.807, 2.05) is 0 Å². The van der Waals surface area contributed by atoms with Crippen LogP contribution in [0.2, 0.25) is 0 Å². The molecule has 1 fully saturated rings. The Balaban J connectivity index is 2.35. The number of hydrogen-bond donors (Lipinski definition) is 0. The van der Waals surface area contributed by atoms with Gasteiger partial charge >= 0.3 is 11.8 Å². The molecule has 108 valence electrons. The summed E-state index contributed by atoms with van der Waals surface area (Å²) >= 11 is 0. The number of hydrogen-bond acceptors (Lipinski definition) is 7. The number of pyridine rings is 1. The van der Waals surface area contributed by atoms with Crippen LogP contribution in [0.3, 0.4) is 0 Å². The highest BCUT2D eigenvalue weighted by Crippen LogP contribution is 2.31. The predicted molar refractivity (Wildman–Crippen MR) is 66.7 cm³/mol. The van der Waals surface area contributed by atoms with Crippen LogP contribution in [0, 0.1) is 10.1 Å². The number of nitrogens with zero attached hydrogens (tertiary/aromatic N) is 2. The van der Waals surface area contributed by atoms with Crippen molar-refractivity contribution >= 4 is 11.8 Å². The molecule has 2 heterocycles. The van der Waals surface area contributed by atoms with Crippen molar-refractivity contribution in [2.45, 2.75) is 18.9 Å². The Morgan fingerprint density at radius 1 is 1.50 bits per heavy atom. The van der Waals surface area contributed by atoms with Gasteiger partial charge in [-0.3, -0.25) is 0 Å². The van der Waals surface area contributed by atoms with Gasteiger partial charge in [-0.05, 0) is 9.91 Å². The van der Waals surface area contributed by atoms with E-state index in [-0.39, 0.29) is 17.4 Å². The maximum atomic E-state index is 11.7. The highest BCUT2D eigenvalue weighted by molar-refractivity contribution is 5.93. The number of esters is 1. The summed E-state index contributed by atoms with van der Waals surface area (Å²) in [5.41, 5.74) is 0.000641. The number of carbonyl (C=O) groups is 1. The minimum Gasteiger partial charge on any atom is -0.482 e. The SMILES string of the molecule is COC(=O)c1ccnc([N+](=O)[O-])c1OC1CCOCC1. The summed E-state index contributed by atoms with van der Waals surface area (Å²) in [5.74, 6) is -1.33. The van der Waals surface area contributed by atoms with Crippen LogP contribution in [0.4, 0.5) is 5.82 Å². The number of nitro groups is 1. The average Bonchev–Trinajstić information content (AvgIpc) is 2.47. The van der Waals surface area contributed by atoms with E-state index in [9.17, 15) is 14.9 Å². The number of ether oxygens (including phenoxy) is 3. The number of aromatic nitrogens is 1. The fourth-order valence-corrected chi connectivity index (χ4v) is 1.91. The van der Waals surface area contributed by atoms with Crippen LogP contribution in [-0.2, 0) is 9.47 Å². The molecule has 0 bridgehead atoms. The summed E-state index contributed by atoms with van der Waals surface area (Å²) in [6, 6.07) is 1.34. The predicted octanol–water partition coefficient (Wildman–Crippen LogP) is 1.33. The first kappa shape index (κ1) is 14.2. The molecular weight excluding hydrogens is 268 g/mol. The second kappa shape index (κ2) is 6.29. The Morgan fingerprint density at radius 2 is 2.20 bits per heavy atom. The fourth-order valence-electron chi connectivity index (χ4n) is 1.91. The van der Waals surface area contributed by atoms with E-state index < -0.39 is 16.7 Å². The van der Waals surface area contributed by atoms with Crippen LogP contribution in [0.1, 0.15) is 23.2 Å². The molecule has 2 rings (SSSR count). The molecule has 8 nitrogen and oxygen atoms in total. The van der Waals surface area contributed by atoms with Crippen LogP contribution < -0.4 is 4.74 Å². The van der Waals surface area contributed by atoms with Gasteiger partial charge in [0.25, 0.3) is 0 Å². The summed E-state index contributed by atoms with van der Waals surface area (Å²) in [5, 5.41) is 11.0. The first-order valence-corrected chi connectivity index (χ1v) is 6.09. The zero-order valence-corrected chi connectivity index (χ0v) is 10.9. The summed E-state index contributed by atoms with van der Waals surface area (Å²) in [6.45, 7) is 1.04. The van der Waals surface area contributed by atoms with Gasteiger partial charge in [-0.15, -0.1) is 0 Å². The Morgan fingerprint density at radius 3 is 2.80 bits per heavy atom. The summed E-state index contributed by atoms with van der Waals surface area (Å²) in [6.07, 6.45) is 2.15. The van der Waals surface area contributed by atoms with Crippen molar-refractivity contribution in [2.75, 3.05) is 20.3 Å². The molecule has 1 aliphatic heterocycles. The van der Waals surface area contributed by atoms with Gasteiger partial charge in [0.1, 0.15) is 17.9 Å². The molecule has 0 atom stereocenters. The quantitative estimate of drug-likeness (QED) is 0.466. The second-order valence-electron chi connectivity index (χ2n) is 4.19. The molecule has 0 N–H and O–H groups in total. The van der Waals surface area contributed by atoms with Gasteiger partial charge in [0, 0.05) is 18.9 Å². The number of methoxy groups -OCH3 is 1. The van der Waals surface area contributed by atoms with Crippen LogP contribution >= 0.6 is 0 Å². The molecule has 0 aliphatic carbocycles. The first-order chi connectivity index (χ1) is 9.63. The minimum absolute atomic E-state index is 0.000641. The Bertz CT molecular complexity index is 513. The maximum Gasteiger partial charge on any atom is 0.407 e. The zero-order valence-electron chi connectivity index (χ0n) is 10.9. The van der Waals surface area contributed by atoms with Gasteiger partial charge in [0.2, 0.25) is 5.75 Å². The zero-order chi connectivity index (χ0) is 14.5. The van der Waals surface area contributed by atoms with Crippen molar-refractivity contribution in [2.24, 2.45) is 0 Å². The molecule has 1 aliphatic rings. The molecule has 1 saturated heterocycles. The van der Waals surface area contributed by atoms with E-state index >= 15 is 0 Å². The van der Waals surface area contributed by atoms with E-state index in [0.29, 0.717) is 26.1 Å². The lowest BCUT2D eigenvalue weighted by Gasteiger charge is -2.23. The van der Waals surface area contributed by atoms with E-state index in [2.05, 4.69) is 9.72 Å². The van der Waals surface area contributed by atoms with Crippen molar-refractivity contribution < 1.29 is 23.9 Å². The molecule has 20 heavy (non-hydrogen) atoms. The standard InChI is InChI=1S/C12H14N2O6/c1-18-12(15)9-2-5-13-11(14(16)17)10(9)20-8-3-6-19-7-4-8/h2,5,8H,3-4,6-7H2,1H3. The molecule has 0 aromatic carbocycles. The second-order valence-corrected chi connectivity index (χ2v) is 4.19. The third-order valence-electron chi connectivity index (χ3n) is 2.92. The normalized spacial score (nSPS) is 15.7. The van der Waals surface area contributed by atoms with Crippen molar-refractivity contribution in [1.82, 2.24) is 4.98 Å². The molecule has 8 heteroatoms. The summed E-state index contributed by atoms with van der Waals surface area (Å²) < 4.78 is 15.4. The lowest BCUT2D eigenvalue weighted by Crippen LogP contribution is -2.27. The average molecular weight is 282 g/mol. The van der Waals surface area contributed by atoms with Crippen molar-refractivity contribution in [3.8, 4) is 5.75 Å². The Kier molecular flexibility index (Phi) is 4.46. The summed E-state index contributed by atoms with van der Waals surface area (Å²) in [4.78, 5) is 25.7. The molecule has 1 aromatic heterocycles. The van der Waals surface area contributed by atoms with Crippen LogP contribution in [0.25, 0.3) is 0 Å². The Hall–Kier alpha value is -2.22. The third-order valence-corrected chi connectivity index (χ3v) is 2.92. The van der Waals surface area contributed by atoms with Gasteiger partial charge in [-0.1, -0.05) is 0 Å². The van der Waals surface area contributed by atoms with Crippen LogP contribution in [0.15, 0.2) is 12.3 Å². The first-order valence-electron chi connectivity index (χ1n) is 6.09. The molecule has 1 aromatic rings. The maximum absolute atomic E-state index is 11.7. The molecule has 0 radical (unpaired) electrons. The lowest BCUT2D eigenvalue weighted by molar-refractivity contribution is -0.390. The van der Waals surface area contributed by atoms with E-state index in [4.69, 9.17) is 9.47 Å². The van der Waals surface area contributed by atoms with Gasteiger partial charge < -0.3 is 24.3 Å². The molecule has 0 amide bonds. The van der Waals surface area contributed by atoms with Gasteiger partial charge in [-0.2, -0.15) is 0 Å². The number of carbonyl (C=O) groups excluding carboxylic acids is 1. The van der Waals surface area contributed by atoms with Gasteiger partial charge in [-0.25, -0.2) is 4.79 Å². The van der Waals surface area contributed by atoms with Gasteiger partial charge in [0.05, 0.1) is 20.3 Å². The van der Waals surface area contributed by atoms with Crippen molar-refractivity contribution in [1.29, 1.82) is 0 Å². The van der Waals surface area contributed by atoms with Crippen LogP contribution in [-0.4, -0.2) is 42.3 Å². The highest BCUT2D eigenvalue weighted by Gasteiger charge is 2.28. The van der Waals surface area contributed by atoms with E-state index in [0.717, 1.165) is 0 Å². The molecule has 0 spiro atoms. The van der Waals surface area contributed by atoms with E-state index in [1.165, 1.54) is 19.4 Å². The number of rotatable bonds is 4. The molecule has 0 unspecified atom stereocenters. The lowest BCUT2D eigenvalue weighted by atomic mass is 10.1. The fraction of sp³-hybridized carbons (Fsp3) is 0.500. The van der Waals surface area contributed by atoms with Crippen molar-refractivity contribution in [3.63, 3.8) is 0 Å². The Labute approximate surface area is 114 Å². The van der Waals surface area contributed by atoms with E-state index in [1.54, 1.807) is 0 Å². The monoisotopic (exact) mass is 282 g/mol. The minimum atomic E-state index is -0.697. The largest absolute Gasteiger partial charge is 0.482 e. The van der Waals surface area contributed by atoms with Crippen molar-refractivity contribution in [3.05, 3.63) is 27.9 Å². The third kappa shape index (κ3) is 3.02. The highest BCUT2D eigenvalue weighted by atomic mass is 16.6. The topological polar surface area (TPSA) is 101 Å².